The zero-order chi connectivity index (χ0) is 16.9. The van der Waals surface area contributed by atoms with E-state index in [1.165, 1.54) is 38.5 Å². The molecule has 4 aliphatic rings. The van der Waals surface area contributed by atoms with Gasteiger partial charge in [-0.05, 0) is 68.6 Å². The number of hydrogen-bond donors (Lipinski definition) is 2. The van der Waals surface area contributed by atoms with Crippen LogP contribution in [0.3, 0.4) is 0 Å². The number of nitrogens with one attached hydrogen (secondary N) is 2. The summed E-state index contributed by atoms with van der Waals surface area (Å²) in [5.74, 6) is 3.01. The summed E-state index contributed by atoms with van der Waals surface area (Å²) < 4.78 is 0. The number of aromatic nitrogens is 3. The van der Waals surface area contributed by atoms with E-state index in [-0.39, 0.29) is 0 Å². The molecule has 0 radical (unpaired) electrons. The number of aromatic amines is 1. The van der Waals surface area contributed by atoms with Crippen molar-refractivity contribution in [2.45, 2.75) is 58.0 Å². The molecule has 1 atom stereocenters. The highest BCUT2D eigenvalue weighted by Crippen LogP contribution is 2.61. The van der Waals surface area contributed by atoms with Crippen LogP contribution in [0.1, 0.15) is 51.1 Å². The van der Waals surface area contributed by atoms with Crippen molar-refractivity contribution in [3.63, 3.8) is 0 Å². The molecule has 0 amide bonds. The normalized spacial score (nSPS) is 34.4. The predicted octanol–water partition coefficient (Wildman–Crippen LogP) is 4.17. The maximum Gasteiger partial charge on any atom is 0.117 e. The van der Waals surface area contributed by atoms with Gasteiger partial charge in [0.2, 0.25) is 0 Å². The van der Waals surface area contributed by atoms with E-state index in [9.17, 15) is 0 Å². The van der Waals surface area contributed by atoms with E-state index in [0.29, 0.717) is 11.5 Å². The first-order valence-electron chi connectivity index (χ1n) is 9.90. The molecule has 4 saturated carbocycles. The molecule has 4 heteroatoms. The Balaban J connectivity index is 1.30. The van der Waals surface area contributed by atoms with Crippen LogP contribution in [0.25, 0.3) is 11.3 Å². The summed E-state index contributed by atoms with van der Waals surface area (Å²) in [5, 5.41) is 15.4. The van der Waals surface area contributed by atoms with Crippen molar-refractivity contribution in [2.24, 2.45) is 23.2 Å². The molecule has 25 heavy (non-hydrogen) atoms. The van der Waals surface area contributed by atoms with Crippen molar-refractivity contribution in [1.29, 1.82) is 0 Å². The van der Waals surface area contributed by atoms with E-state index in [1.807, 2.05) is 6.07 Å². The molecule has 4 bridgehead atoms. The van der Waals surface area contributed by atoms with Crippen molar-refractivity contribution in [1.82, 2.24) is 20.7 Å². The molecular weight excluding hydrogens is 308 g/mol. The van der Waals surface area contributed by atoms with Crippen molar-refractivity contribution < 1.29 is 0 Å². The highest BCUT2D eigenvalue weighted by molar-refractivity contribution is 5.60. The van der Waals surface area contributed by atoms with Gasteiger partial charge in [0.25, 0.3) is 0 Å². The second-order valence-corrected chi connectivity index (χ2v) is 8.87. The molecule has 2 aromatic rings. The lowest BCUT2D eigenvalue weighted by Crippen LogP contribution is -2.54. The first-order valence-corrected chi connectivity index (χ1v) is 9.90. The monoisotopic (exact) mass is 336 g/mol. The van der Waals surface area contributed by atoms with E-state index < -0.39 is 0 Å². The Hall–Kier alpha value is -1.68. The molecule has 4 aliphatic carbocycles. The van der Waals surface area contributed by atoms with Crippen LogP contribution in [-0.2, 0) is 6.54 Å². The number of H-pyrrole nitrogens is 1. The van der Waals surface area contributed by atoms with E-state index in [4.69, 9.17) is 0 Å². The van der Waals surface area contributed by atoms with Crippen LogP contribution in [0, 0.1) is 23.2 Å². The smallest absolute Gasteiger partial charge is 0.117 e. The molecular formula is C21H28N4. The molecule has 1 unspecified atom stereocenters. The van der Waals surface area contributed by atoms with Crippen molar-refractivity contribution in [3.05, 3.63) is 36.0 Å². The largest absolute Gasteiger partial charge is 0.308 e. The fourth-order valence-corrected chi connectivity index (χ4v) is 6.38. The summed E-state index contributed by atoms with van der Waals surface area (Å²) >= 11 is 0. The average Bonchev–Trinajstić information content (AvgIpc) is 3.08. The lowest BCUT2D eigenvalue weighted by molar-refractivity contribution is -0.0707. The van der Waals surface area contributed by atoms with Crippen LogP contribution in [-0.4, -0.2) is 21.5 Å². The second-order valence-electron chi connectivity index (χ2n) is 8.87. The topological polar surface area (TPSA) is 53.6 Å². The maximum absolute atomic E-state index is 4.41. The van der Waals surface area contributed by atoms with Crippen LogP contribution < -0.4 is 5.32 Å². The summed E-state index contributed by atoms with van der Waals surface area (Å²) in [7, 11) is 0. The third-order valence-corrected chi connectivity index (χ3v) is 7.25. The molecule has 132 valence electrons. The Bertz CT molecular complexity index is 700. The zero-order valence-electron chi connectivity index (χ0n) is 15.0. The number of rotatable bonds is 5. The quantitative estimate of drug-likeness (QED) is 0.862. The van der Waals surface area contributed by atoms with Crippen molar-refractivity contribution in [2.75, 3.05) is 0 Å². The lowest BCUT2D eigenvalue weighted by Gasteiger charge is -2.59. The van der Waals surface area contributed by atoms with Gasteiger partial charge in [0, 0.05) is 18.2 Å². The van der Waals surface area contributed by atoms with Gasteiger partial charge in [0.15, 0.2) is 0 Å². The number of benzene rings is 1. The van der Waals surface area contributed by atoms with Gasteiger partial charge >= 0.3 is 0 Å². The van der Waals surface area contributed by atoms with Gasteiger partial charge in [-0.15, -0.1) is 0 Å². The van der Waals surface area contributed by atoms with Crippen LogP contribution >= 0.6 is 0 Å². The Morgan fingerprint density at radius 3 is 2.32 bits per heavy atom. The summed E-state index contributed by atoms with van der Waals surface area (Å²) in [6, 6.07) is 10.9. The maximum atomic E-state index is 4.41. The zero-order valence-corrected chi connectivity index (χ0v) is 15.0. The molecule has 1 heterocycles. The second kappa shape index (κ2) is 5.94. The lowest BCUT2D eigenvalue weighted by atomic mass is 9.48. The minimum Gasteiger partial charge on any atom is -0.308 e. The first kappa shape index (κ1) is 15.6. The van der Waals surface area contributed by atoms with Crippen LogP contribution in [0.15, 0.2) is 30.3 Å². The molecule has 1 aromatic heterocycles. The third-order valence-electron chi connectivity index (χ3n) is 7.25. The van der Waals surface area contributed by atoms with Crippen LogP contribution in [0.5, 0.6) is 0 Å². The highest BCUT2D eigenvalue weighted by Gasteiger charge is 2.52. The van der Waals surface area contributed by atoms with E-state index in [2.05, 4.69) is 51.9 Å². The van der Waals surface area contributed by atoms with E-state index in [0.717, 1.165) is 41.2 Å². The fourth-order valence-electron chi connectivity index (χ4n) is 6.38. The molecule has 1 aromatic carbocycles. The summed E-state index contributed by atoms with van der Waals surface area (Å²) in [5.41, 5.74) is 3.68. The van der Waals surface area contributed by atoms with Gasteiger partial charge in [0.05, 0.1) is 0 Å². The SMILES string of the molecule is CC(NCc1n[nH]nc1-c1ccccc1)C12CC3CC(CC(C3)C1)C2. The van der Waals surface area contributed by atoms with E-state index >= 15 is 0 Å². The van der Waals surface area contributed by atoms with Crippen molar-refractivity contribution in [3.8, 4) is 11.3 Å². The fraction of sp³-hybridized carbons (Fsp3) is 0.619. The molecule has 4 nitrogen and oxygen atoms in total. The standard InChI is InChI=1S/C21H28N4/c1-14(21-10-15-7-16(11-21)9-17(8-15)12-21)22-13-19-20(24-25-23-19)18-5-3-2-4-6-18/h2-6,14-17,22H,7-13H2,1H3,(H,23,24,25). The van der Waals surface area contributed by atoms with Crippen molar-refractivity contribution >= 4 is 0 Å². The van der Waals surface area contributed by atoms with Gasteiger partial charge in [-0.25, -0.2) is 0 Å². The van der Waals surface area contributed by atoms with Gasteiger partial charge in [-0.1, -0.05) is 30.3 Å². The van der Waals surface area contributed by atoms with E-state index in [1.54, 1.807) is 0 Å². The average molecular weight is 336 g/mol. The predicted molar refractivity (Wildman–Crippen MR) is 98.7 cm³/mol. The molecule has 2 N–H and O–H groups in total. The first-order chi connectivity index (χ1) is 12.2. The molecule has 6 rings (SSSR count). The number of hydrogen-bond acceptors (Lipinski definition) is 3. The Morgan fingerprint density at radius 1 is 1.04 bits per heavy atom. The summed E-state index contributed by atoms with van der Waals surface area (Å²) in [6.45, 7) is 3.21. The van der Waals surface area contributed by atoms with Crippen LogP contribution in [0.2, 0.25) is 0 Å². The third kappa shape index (κ3) is 2.71. The van der Waals surface area contributed by atoms with Gasteiger partial charge in [-0.3, -0.25) is 0 Å². The Kier molecular flexibility index (Phi) is 3.70. The minimum atomic E-state index is 0.533. The molecule has 4 fully saturated rings. The van der Waals surface area contributed by atoms with Gasteiger partial charge in [-0.2, -0.15) is 15.4 Å². The van der Waals surface area contributed by atoms with Gasteiger partial charge in [0.1, 0.15) is 11.4 Å². The highest BCUT2D eigenvalue weighted by atomic mass is 15.3. The summed E-state index contributed by atoms with van der Waals surface area (Å²) in [4.78, 5) is 0. The number of nitrogens with zero attached hydrogens (tertiary/aromatic N) is 2. The minimum absolute atomic E-state index is 0.533. The Labute approximate surface area is 149 Å². The Morgan fingerprint density at radius 2 is 1.68 bits per heavy atom. The molecule has 0 aliphatic heterocycles. The molecule has 0 spiro atoms. The summed E-state index contributed by atoms with van der Waals surface area (Å²) in [6.07, 6.45) is 8.85. The van der Waals surface area contributed by atoms with Crippen LogP contribution in [0.4, 0.5) is 0 Å². The molecule has 0 saturated heterocycles. The van der Waals surface area contributed by atoms with Gasteiger partial charge < -0.3 is 5.32 Å².